The summed E-state index contributed by atoms with van der Waals surface area (Å²) in [5, 5.41) is 2.44. The highest BCUT2D eigenvalue weighted by molar-refractivity contribution is 7.88. The Kier molecular flexibility index (Phi) is 7.80. The van der Waals surface area contributed by atoms with E-state index in [1.807, 2.05) is 6.07 Å². The molecule has 2 amide bonds. The molecule has 0 bridgehead atoms. The standard InChI is InChI=1S/C23H27F2N3O4S/c1-16(2)21(26-22(29)20-18(24)9-6-10-19(20)25)23(30)27-11-13-28(14-12-27)33(31,32)15-17-7-4-3-5-8-17/h3-10,16,21H,11-15H2,1-2H3,(H,26,29)/t21-/m0/s1. The number of hydrogen-bond acceptors (Lipinski definition) is 4. The van der Waals surface area contributed by atoms with Crippen LogP contribution >= 0.6 is 0 Å². The molecular weight excluding hydrogens is 452 g/mol. The molecule has 0 aromatic heterocycles. The first kappa shape index (κ1) is 24.8. The summed E-state index contributed by atoms with van der Waals surface area (Å²) < 4.78 is 54.7. The fraction of sp³-hybridized carbons (Fsp3) is 0.391. The third-order valence-electron chi connectivity index (χ3n) is 5.54. The smallest absolute Gasteiger partial charge is 0.257 e. The zero-order valence-electron chi connectivity index (χ0n) is 18.5. The summed E-state index contributed by atoms with van der Waals surface area (Å²) >= 11 is 0. The van der Waals surface area contributed by atoms with Crippen molar-refractivity contribution in [2.75, 3.05) is 26.2 Å². The molecule has 0 saturated carbocycles. The number of piperazine rings is 1. The molecule has 10 heteroatoms. The van der Waals surface area contributed by atoms with E-state index in [0.29, 0.717) is 5.56 Å². The Balaban J connectivity index is 1.64. The van der Waals surface area contributed by atoms with E-state index in [9.17, 15) is 26.8 Å². The number of carbonyl (C=O) groups excluding carboxylic acids is 2. The summed E-state index contributed by atoms with van der Waals surface area (Å²) in [5.74, 6) is -3.94. The molecule has 178 valence electrons. The van der Waals surface area contributed by atoms with Gasteiger partial charge >= 0.3 is 0 Å². The Hall–Kier alpha value is -2.85. The summed E-state index contributed by atoms with van der Waals surface area (Å²) in [5.41, 5.74) is -0.0632. The number of nitrogens with one attached hydrogen (secondary N) is 1. The maximum absolute atomic E-state index is 14.0. The van der Waals surface area contributed by atoms with Crippen LogP contribution in [0.3, 0.4) is 0 Å². The third kappa shape index (κ3) is 5.94. The molecule has 0 aliphatic carbocycles. The predicted octanol–water partition coefficient (Wildman–Crippen LogP) is 2.39. The van der Waals surface area contributed by atoms with Gasteiger partial charge in [-0.25, -0.2) is 17.2 Å². The molecule has 33 heavy (non-hydrogen) atoms. The SMILES string of the molecule is CC(C)[C@H](NC(=O)c1c(F)cccc1F)C(=O)N1CCN(S(=O)(=O)Cc2ccccc2)CC1. The Labute approximate surface area is 192 Å². The molecule has 0 spiro atoms. The molecule has 3 rings (SSSR count). The maximum Gasteiger partial charge on any atom is 0.257 e. The first-order valence-corrected chi connectivity index (χ1v) is 12.3. The van der Waals surface area contributed by atoms with Crippen molar-refractivity contribution in [1.29, 1.82) is 0 Å². The number of rotatable bonds is 7. The van der Waals surface area contributed by atoms with Crippen molar-refractivity contribution in [2.45, 2.75) is 25.6 Å². The van der Waals surface area contributed by atoms with Gasteiger partial charge in [0.05, 0.1) is 5.75 Å². The van der Waals surface area contributed by atoms with Crippen LogP contribution in [-0.4, -0.2) is 61.7 Å². The quantitative estimate of drug-likeness (QED) is 0.661. The Bertz CT molecular complexity index is 1080. The summed E-state index contributed by atoms with van der Waals surface area (Å²) in [6, 6.07) is 10.9. The van der Waals surface area contributed by atoms with E-state index < -0.39 is 45.1 Å². The van der Waals surface area contributed by atoms with Gasteiger partial charge in [-0.1, -0.05) is 50.2 Å². The second kappa shape index (κ2) is 10.4. The van der Waals surface area contributed by atoms with Gasteiger partial charge in [0, 0.05) is 26.2 Å². The first-order valence-electron chi connectivity index (χ1n) is 10.7. The van der Waals surface area contributed by atoms with Gasteiger partial charge in [-0.05, 0) is 23.6 Å². The van der Waals surface area contributed by atoms with Gasteiger partial charge in [0.25, 0.3) is 5.91 Å². The molecule has 2 aromatic rings. The third-order valence-corrected chi connectivity index (χ3v) is 7.39. The van der Waals surface area contributed by atoms with E-state index in [1.54, 1.807) is 38.1 Å². The monoisotopic (exact) mass is 479 g/mol. The molecular formula is C23H27F2N3O4S. The van der Waals surface area contributed by atoms with Gasteiger partial charge in [-0.15, -0.1) is 0 Å². The van der Waals surface area contributed by atoms with Crippen molar-refractivity contribution in [1.82, 2.24) is 14.5 Å². The van der Waals surface area contributed by atoms with E-state index in [1.165, 1.54) is 9.21 Å². The molecule has 7 nitrogen and oxygen atoms in total. The van der Waals surface area contributed by atoms with Gasteiger partial charge in [-0.2, -0.15) is 4.31 Å². The van der Waals surface area contributed by atoms with Crippen LogP contribution < -0.4 is 5.32 Å². The second-order valence-corrected chi connectivity index (χ2v) is 10.2. The summed E-state index contributed by atoms with van der Waals surface area (Å²) in [6.07, 6.45) is 0. The number of sulfonamides is 1. The average Bonchev–Trinajstić information content (AvgIpc) is 2.77. The van der Waals surface area contributed by atoms with E-state index in [4.69, 9.17) is 0 Å². The molecule has 1 saturated heterocycles. The van der Waals surface area contributed by atoms with Crippen LogP contribution in [0.2, 0.25) is 0 Å². The van der Waals surface area contributed by atoms with Crippen LogP contribution in [0, 0.1) is 17.6 Å². The van der Waals surface area contributed by atoms with Gasteiger partial charge in [0.15, 0.2) is 0 Å². The molecule has 1 aliphatic heterocycles. The summed E-state index contributed by atoms with van der Waals surface area (Å²) in [7, 11) is -3.54. The van der Waals surface area contributed by atoms with Crippen molar-refractivity contribution in [3.8, 4) is 0 Å². The number of benzene rings is 2. The van der Waals surface area contributed by atoms with Crippen molar-refractivity contribution in [3.63, 3.8) is 0 Å². The molecule has 1 heterocycles. The lowest BCUT2D eigenvalue weighted by atomic mass is 10.0. The van der Waals surface area contributed by atoms with Gasteiger partial charge in [0.2, 0.25) is 15.9 Å². The minimum absolute atomic E-state index is 0.124. The molecule has 1 atom stereocenters. The lowest BCUT2D eigenvalue weighted by Gasteiger charge is -2.36. The fourth-order valence-corrected chi connectivity index (χ4v) is 5.22. The Morgan fingerprint density at radius 3 is 2.06 bits per heavy atom. The predicted molar refractivity (Wildman–Crippen MR) is 120 cm³/mol. The molecule has 1 aliphatic rings. The minimum Gasteiger partial charge on any atom is -0.340 e. The highest BCUT2D eigenvalue weighted by Gasteiger charge is 2.34. The number of carbonyl (C=O) groups is 2. The van der Waals surface area contributed by atoms with Gasteiger partial charge in [0.1, 0.15) is 23.2 Å². The highest BCUT2D eigenvalue weighted by atomic mass is 32.2. The van der Waals surface area contributed by atoms with Crippen LogP contribution in [0.25, 0.3) is 0 Å². The average molecular weight is 480 g/mol. The van der Waals surface area contributed by atoms with Crippen LogP contribution in [0.15, 0.2) is 48.5 Å². The Morgan fingerprint density at radius 2 is 1.52 bits per heavy atom. The van der Waals surface area contributed by atoms with Crippen LogP contribution in [0.5, 0.6) is 0 Å². The van der Waals surface area contributed by atoms with Crippen molar-refractivity contribution in [3.05, 3.63) is 71.3 Å². The van der Waals surface area contributed by atoms with E-state index in [0.717, 1.165) is 18.2 Å². The lowest BCUT2D eigenvalue weighted by molar-refractivity contribution is -0.135. The van der Waals surface area contributed by atoms with Crippen molar-refractivity contribution in [2.24, 2.45) is 5.92 Å². The van der Waals surface area contributed by atoms with Crippen LogP contribution in [0.4, 0.5) is 8.78 Å². The molecule has 0 radical (unpaired) electrons. The van der Waals surface area contributed by atoms with Crippen LogP contribution in [-0.2, 0) is 20.6 Å². The lowest BCUT2D eigenvalue weighted by Crippen LogP contribution is -2.57. The summed E-state index contributed by atoms with van der Waals surface area (Å²) in [4.78, 5) is 27.0. The molecule has 2 aromatic carbocycles. The number of amides is 2. The topological polar surface area (TPSA) is 86.8 Å². The molecule has 1 N–H and O–H groups in total. The molecule has 0 unspecified atom stereocenters. The van der Waals surface area contributed by atoms with Crippen molar-refractivity contribution < 1.29 is 26.8 Å². The minimum atomic E-state index is -3.54. The normalized spacial score (nSPS) is 16.0. The first-order chi connectivity index (χ1) is 15.6. The molecule has 1 fully saturated rings. The maximum atomic E-state index is 14.0. The van der Waals surface area contributed by atoms with E-state index in [2.05, 4.69) is 5.32 Å². The largest absolute Gasteiger partial charge is 0.340 e. The number of halogens is 2. The van der Waals surface area contributed by atoms with Gasteiger partial charge < -0.3 is 10.2 Å². The fourth-order valence-electron chi connectivity index (χ4n) is 3.70. The summed E-state index contributed by atoms with van der Waals surface area (Å²) in [6.45, 7) is 3.98. The second-order valence-electron chi connectivity index (χ2n) is 8.26. The van der Waals surface area contributed by atoms with E-state index in [-0.39, 0.29) is 37.8 Å². The highest BCUT2D eigenvalue weighted by Crippen LogP contribution is 2.17. The Morgan fingerprint density at radius 1 is 0.939 bits per heavy atom. The van der Waals surface area contributed by atoms with Crippen LogP contribution in [0.1, 0.15) is 29.8 Å². The zero-order chi connectivity index (χ0) is 24.2. The number of nitrogens with zero attached hydrogens (tertiary/aromatic N) is 2. The van der Waals surface area contributed by atoms with Crippen molar-refractivity contribution >= 4 is 21.8 Å². The number of hydrogen-bond donors (Lipinski definition) is 1. The van der Waals surface area contributed by atoms with Gasteiger partial charge in [-0.3, -0.25) is 9.59 Å². The van der Waals surface area contributed by atoms with E-state index >= 15 is 0 Å². The zero-order valence-corrected chi connectivity index (χ0v) is 19.3.